The van der Waals surface area contributed by atoms with Crippen LogP contribution < -0.4 is 4.80 Å². The second-order valence-corrected chi connectivity index (χ2v) is 6.15. The fourth-order valence-electron chi connectivity index (χ4n) is 0.630. The lowest BCUT2D eigenvalue weighted by atomic mass is 10.4. The lowest BCUT2D eigenvalue weighted by Crippen LogP contribution is -2.43. The van der Waals surface area contributed by atoms with E-state index in [1.54, 1.807) is 5.70 Å². The third-order valence-electron chi connectivity index (χ3n) is 1.46. The molecule has 0 radical (unpaired) electrons. The monoisotopic (exact) mass is 143 g/mol. The van der Waals surface area contributed by atoms with Crippen LogP contribution in [0.1, 0.15) is 19.8 Å². The Kier molecular flexibility index (Phi) is 3.82. The van der Waals surface area contributed by atoms with E-state index in [0.29, 0.717) is 0 Å². The predicted octanol–water partition coefficient (Wildman–Crippen LogP) is 1.45. The van der Waals surface area contributed by atoms with Crippen LogP contribution in [0.4, 0.5) is 0 Å². The average molecular weight is 143 g/mol. The molecule has 0 spiro atoms. The summed E-state index contributed by atoms with van der Waals surface area (Å²) in [5.41, 5.74) is 1.63. The molecule has 0 aliphatic heterocycles. The Hall–Kier alpha value is -0.0831. The molecule has 0 aliphatic rings. The minimum absolute atomic E-state index is 0.854. The summed E-state index contributed by atoms with van der Waals surface area (Å²) in [6, 6.07) is 0.854. The van der Waals surface area contributed by atoms with E-state index in [4.69, 9.17) is 0 Å². The molecule has 0 bridgehead atoms. The molecule has 0 saturated carbocycles. The average Bonchev–Trinajstić information content (AvgIpc) is 1.84. The minimum Gasteiger partial charge on any atom is -0.856 e. The SMILES string of the molecule is C=C[Si](C)([O-])CCCC. The molecule has 2 heteroatoms. The Balaban J connectivity index is 3.45. The summed E-state index contributed by atoms with van der Waals surface area (Å²) in [6.45, 7) is 7.45. The van der Waals surface area contributed by atoms with Gasteiger partial charge in [0.1, 0.15) is 0 Å². The van der Waals surface area contributed by atoms with Crippen molar-refractivity contribution < 1.29 is 4.80 Å². The van der Waals surface area contributed by atoms with Crippen molar-refractivity contribution in [1.29, 1.82) is 0 Å². The second kappa shape index (κ2) is 3.85. The predicted molar refractivity (Wildman–Crippen MR) is 41.5 cm³/mol. The van der Waals surface area contributed by atoms with Crippen molar-refractivity contribution in [2.24, 2.45) is 0 Å². The van der Waals surface area contributed by atoms with Gasteiger partial charge in [0, 0.05) is 0 Å². The number of hydrogen-bond donors (Lipinski definition) is 0. The molecule has 9 heavy (non-hydrogen) atoms. The van der Waals surface area contributed by atoms with E-state index in [-0.39, 0.29) is 0 Å². The van der Waals surface area contributed by atoms with Gasteiger partial charge in [-0.05, 0) is 8.32 Å². The molecule has 0 heterocycles. The van der Waals surface area contributed by atoms with Crippen LogP contribution in [-0.2, 0) is 0 Å². The van der Waals surface area contributed by atoms with Gasteiger partial charge in [-0.15, -0.1) is 12.3 Å². The minimum atomic E-state index is -2.18. The van der Waals surface area contributed by atoms with Crippen molar-refractivity contribution in [2.75, 3.05) is 0 Å². The summed E-state index contributed by atoms with van der Waals surface area (Å²) in [6.07, 6.45) is 2.19. The molecule has 0 aromatic rings. The number of rotatable bonds is 4. The van der Waals surface area contributed by atoms with Crippen molar-refractivity contribution in [3.63, 3.8) is 0 Å². The van der Waals surface area contributed by atoms with E-state index in [1.807, 2.05) is 6.55 Å². The highest BCUT2D eigenvalue weighted by Crippen LogP contribution is 2.07. The van der Waals surface area contributed by atoms with Crippen molar-refractivity contribution in [3.8, 4) is 0 Å². The van der Waals surface area contributed by atoms with Crippen molar-refractivity contribution in [1.82, 2.24) is 0 Å². The van der Waals surface area contributed by atoms with Gasteiger partial charge in [0.25, 0.3) is 0 Å². The van der Waals surface area contributed by atoms with Crippen LogP contribution in [0, 0.1) is 0 Å². The largest absolute Gasteiger partial charge is 0.856 e. The molecule has 1 nitrogen and oxygen atoms in total. The van der Waals surface area contributed by atoms with Gasteiger partial charge in [0.05, 0.1) is 0 Å². The maximum atomic E-state index is 11.3. The molecule has 0 aromatic heterocycles. The van der Waals surface area contributed by atoms with Gasteiger partial charge in [-0.25, -0.2) is 0 Å². The first-order valence-corrected chi connectivity index (χ1v) is 6.15. The summed E-state index contributed by atoms with van der Waals surface area (Å²) >= 11 is 0. The fourth-order valence-corrected chi connectivity index (χ4v) is 1.89. The highest BCUT2D eigenvalue weighted by atomic mass is 28.4. The van der Waals surface area contributed by atoms with Crippen molar-refractivity contribution in [2.45, 2.75) is 32.4 Å². The molecule has 1 unspecified atom stereocenters. The van der Waals surface area contributed by atoms with Gasteiger partial charge in [0.2, 0.25) is 0 Å². The van der Waals surface area contributed by atoms with E-state index in [1.165, 1.54) is 0 Å². The third kappa shape index (κ3) is 4.42. The fraction of sp³-hybridized carbons (Fsp3) is 0.714. The normalized spacial score (nSPS) is 16.8. The Bertz CT molecular complexity index is 88.9. The molecule has 54 valence electrons. The first-order chi connectivity index (χ1) is 4.12. The van der Waals surface area contributed by atoms with Crippen LogP contribution >= 0.6 is 0 Å². The Morgan fingerprint density at radius 3 is 2.56 bits per heavy atom. The van der Waals surface area contributed by atoms with E-state index in [0.717, 1.165) is 18.9 Å². The van der Waals surface area contributed by atoms with Gasteiger partial charge < -0.3 is 4.80 Å². The standard InChI is InChI=1S/C7H15OSi/c1-4-6-7-9(3,8)5-2/h5H,2,4,6-7H2,1,3H3/q-1. The lowest BCUT2D eigenvalue weighted by Gasteiger charge is -2.29. The molecule has 1 atom stereocenters. The maximum Gasteiger partial charge on any atom is -0.0250 e. The summed E-state index contributed by atoms with van der Waals surface area (Å²) in [5.74, 6) is 0. The van der Waals surface area contributed by atoms with Gasteiger partial charge in [-0.2, -0.15) is 0 Å². The molecule has 0 rings (SSSR count). The Morgan fingerprint density at radius 2 is 2.22 bits per heavy atom. The van der Waals surface area contributed by atoms with Crippen LogP contribution in [0.25, 0.3) is 0 Å². The molecule has 0 N–H and O–H groups in total. The summed E-state index contributed by atoms with van der Waals surface area (Å²) < 4.78 is 0. The molecular formula is C7H15OSi-. The van der Waals surface area contributed by atoms with E-state index >= 15 is 0 Å². The lowest BCUT2D eigenvalue weighted by molar-refractivity contribution is -0.203. The maximum absolute atomic E-state index is 11.3. The Labute approximate surface area is 58.5 Å². The van der Waals surface area contributed by atoms with E-state index < -0.39 is 8.32 Å². The van der Waals surface area contributed by atoms with Crippen molar-refractivity contribution >= 4 is 8.32 Å². The third-order valence-corrected chi connectivity index (χ3v) is 3.67. The van der Waals surface area contributed by atoms with E-state index in [2.05, 4.69) is 13.5 Å². The Morgan fingerprint density at radius 1 is 1.67 bits per heavy atom. The van der Waals surface area contributed by atoms with E-state index in [9.17, 15) is 4.80 Å². The molecule has 0 fully saturated rings. The molecule has 0 amide bonds. The second-order valence-electron chi connectivity index (χ2n) is 2.62. The van der Waals surface area contributed by atoms with Crippen LogP contribution in [0.2, 0.25) is 12.6 Å². The quantitative estimate of drug-likeness (QED) is 0.546. The summed E-state index contributed by atoms with van der Waals surface area (Å²) in [7, 11) is -2.18. The topological polar surface area (TPSA) is 23.1 Å². The van der Waals surface area contributed by atoms with Gasteiger partial charge >= 0.3 is 0 Å². The van der Waals surface area contributed by atoms with Crippen molar-refractivity contribution in [3.05, 3.63) is 12.3 Å². The molecular weight excluding hydrogens is 128 g/mol. The summed E-state index contributed by atoms with van der Waals surface area (Å²) in [4.78, 5) is 11.3. The first-order valence-electron chi connectivity index (χ1n) is 3.46. The smallest absolute Gasteiger partial charge is 0.0250 e. The summed E-state index contributed by atoms with van der Waals surface area (Å²) in [5, 5.41) is 0. The molecule has 0 aliphatic carbocycles. The zero-order valence-electron chi connectivity index (χ0n) is 6.31. The van der Waals surface area contributed by atoms with Gasteiger partial charge in [-0.1, -0.05) is 32.4 Å². The van der Waals surface area contributed by atoms with Crippen LogP contribution in [0.3, 0.4) is 0 Å². The highest BCUT2D eigenvalue weighted by molar-refractivity contribution is 6.74. The van der Waals surface area contributed by atoms with Crippen LogP contribution in [0.15, 0.2) is 12.3 Å². The van der Waals surface area contributed by atoms with Crippen LogP contribution in [0.5, 0.6) is 0 Å². The first kappa shape index (κ1) is 8.92. The molecule has 0 aromatic carbocycles. The highest BCUT2D eigenvalue weighted by Gasteiger charge is 2.03. The molecule has 0 saturated heterocycles. The zero-order valence-corrected chi connectivity index (χ0v) is 7.31. The number of hydrogen-bond acceptors (Lipinski definition) is 1. The van der Waals surface area contributed by atoms with Gasteiger partial charge in [-0.3, -0.25) is 0 Å². The zero-order chi connectivity index (χ0) is 7.33. The van der Waals surface area contributed by atoms with Crippen LogP contribution in [-0.4, -0.2) is 8.32 Å². The number of unbranched alkanes of at least 4 members (excludes halogenated alkanes) is 1. The van der Waals surface area contributed by atoms with Gasteiger partial charge in [0.15, 0.2) is 0 Å².